The van der Waals surface area contributed by atoms with E-state index in [1.807, 2.05) is 4.90 Å². The van der Waals surface area contributed by atoms with Gasteiger partial charge in [-0.1, -0.05) is 0 Å². The van der Waals surface area contributed by atoms with Gasteiger partial charge in [0.2, 0.25) is 11.5 Å². The van der Waals surface area contributed by atoms with E-state index in [4.69, 9.17) is 19.6 Å². The molecular weight excluding hydrogens is 360 g/mol. The Hall–Kier alpha value is -3.15. The van der Waals surface area contributed by atoms with Crippen LogP contribution < -0.4 is 15.5 Å². The first-order chi connectivity index (χ1) is 13.0. The number of nitro groups is 1. The smallest absolute Gasteiger partial charge is 0.404 e. The molecule has 2 saturated heterocycles. The van der Waals surface area contributed by atoms with Gasteiger partial charge in [0.25, 0.3) is 6.01 Å². The first-order valence-electron chi connectivity index (χ1n) is 8.51. The topological polar surface area (TPSA) is 150 Å². The van der Waals surface area contributed by atoms with Crippen LogP contribution in [0.2, 0.25) is 0 Å². The molecule has 0 bridgehead atoms. The number of oxazole rings is 1. The zero-order valence-corrected chi connectivity index (χ0v) is 14.4. The molecule has 1 amide bonds. The van der Waals surface area contributed by atoms with Gasteiger partial charge in [-0.25, -0.2) is 9.78 Å². The Kier molecular flexibility index (Phi) is 4.39. The fourth-order valence-electron chi connectivity index (χ4n) is 3.27. The van der Waals surface area contributed by atoms with Crippen LogP contribution >= 0.6 is 0 Å². The number of anilines is 2. The summed E-state index contributed by atoms with van der Waals surface area (Å²) in [5.74, 6) is 0.171. The van der Waals surface area contributed by atoms with E-state index in [1.54, 1.807) is 4.90 Å². The van der Waals surface area contributed by atoms with E-state index >= 15 is 0 Å². The Morgan fingerprint density at radius 2 is 2.07 bits per heavy atom. The Balaban J connectivity index is 1.66. The van der Waals surface area contributed by atoms with Crippen molar-refractivity contribution < 1.29 is 23.6 Å². The Labute approximate surface area is 153 Å². The minimum Gasteiger partial charge on any atom is -0.444 e. The largest absolute Gasteiger partial charge is 0.444 e. The molecule has 0 saturated carbocycles. The molecule has 1 atom stereocenters. The first kappa shape index (κ1) is 17.3. The van der Waals surface area contributed by atoms with Gasteiger partial charge in [0.05, 0.1) is 30.7 Å². The second-order valence-electron chi connectivity index (χ2n) is 6.30. The lowest BCUT2D eigenvalue weighted by Crippen LogP contribution is -2.36. The number of hydrogen-bond donors (Lipinski definition) is 1. The van der Waals surface area contributed by atoms with E-state index in [2.05, 4.69) is 9.97 Å². The fraction of sp³-hybridized carbons (Fsp3) is 0.533. The highest BCUT2D eigenvalue weighted by Gasteiger charge is 2.32. The lowest BCUT2D eigenvalue weighted by atomic mass is 10.3. The highest BCUT2D eigenvalue weighted by molar-refractivity contribution is 5.79. The quantitative estimate of drug-likeness (QED) is 0.593. The highest BCUT2D eigenvalue weighted by atomic mass is 16.6. The lowest BCUT2D eigenvalue weighted by Gasteiger charge is -2.24. The molecule has 1 unspecified atom stereocenters. The van der Waals surface area contributed by atoms with Crippen molar-refractivity contribution in [2.75, 3.05) is 49.2 Å². The van der Waals surface area contributed by atoms with E-state index in [9.17, 15) is 14.9 Å². The van der Waals surface area contributed by atoms with Crippen LogP contribution in [-0.4, -0.2) is 66.5 Å². The number of carbonyl (C=O) groups excluding carboxylic acids is 1. The number of carbonyl (C=O) groups is 1. The van der Waals surface area contributed by atoms with E-state index < -0.39 is 17.1 Å². The van der Waals surface area contributed by atoms with Crippen molar-refractivity contribution >= 4 is 34.8 Å². The maximum atomic E-state index is 11.5. The van der Waals surface area contributed by atoms with Crippen LogP contribution in [0, 0.1) is 10.1 Å². The Morgan fingerprint density at radius 3 is 2.78 bits per heavy atom. The first-order valence-corrected chi connectivity index (χ1v) is 8.51. The van der Waals surface area contributed by atoms with Gasteiger partial charge in [-0.3, -0.25) is 10.1 Å². The van der Waals surface area contributed by atoms with Crippen LogP contribution in [-0.2, 0) is 9.47 Å². The van der Waals surface area contributed by atoms with Gasteiger partial charge >= 0.3 is 11.8 Å². The van der Waals surface area contributed by atoms with Gasteiger partial charge in [0, 0.05) is 26.1 Å². The molecule has 4 rings (SSSR count). The molecule has 0 aromatic carbocycles. The van der Waals surface area contributed by atoms with Crippen LogP contribution in [0.25, 0.3) is 11.2 Å². The minimum atomic E-state index is -0.869. The molecule has 2 fully saturated rings. The standard InChI is InChI=1S/C15H18N6O6/c16-14(22)26-9-1-2-20(8-9)13-10(21(23)24)7-11-12(17-13)18-15(27-11)19-3-5-25-6-4-19/h7,9H,1-6,8H2,(H2,16,22). The fourth-order valence-corrected chi connectivity index (χ4v) is 3.27. The summed E-state index contributed by atoms with van der Waals surface area (Å²) in [6, 6.07) is 1.69. The second-order valence-corrected chi connectivity index (χ2v) is 6.30. The van der Waals surface area contributed by atoms with Gasteiger partial charge in [0.1, 0.15) is 6.10 Å². The molecule has 12 heteroatoms. The molecule has 2 aromatic rings. The van der Waals surface area contributed by atoms with Crippen molar-refractivity contribution in [1.29, 1.82) is 0 Å². The maximum Gasteiger partial charge on any atom is 0.404 e. The number of rotatable bonds is 4. The number of ether oxygens (including phenoxy) is 2. The number of pyridine rings is 1. The Bertz CT molecular complexity index is 879. The summed E-state index contributed by atoms with van der Waals surface area (Å²) in [7, 11) is 0. The summed E-state index contributed by atoms with van der Waals surface area (Å²) in [5, 5.41) is 11.5. The molecule has 27 heavy (non-hydrogen) atoms. The normalized spacial score (nSPS) is 20.2. The number of primary amides is 1. The highest BCUT2D eigenvalue weighted by Crippen LogP contribution is 2.34. The van der Waals surface area contributed by atoms with Crippen LogP contribution in [0.1, 0.15) is 6.42 Å². The van der Waals surface area contributed by atoms with Gasteiger partial charge < -0.3 is 29.4 Å². The maximum absolute atomic E-state index is 11.5. The zero-order valence-electron chi connectivity index (χ0n) is 14.4. The van der Waals surface area contributed by atoms with Crippen LogP contribution in [0.5, 0.6) is 0 Å². The average molecular weight is 378 g/mol. The van der Waals surface area contributed by atoms with E-state index in [0.29, 0.717) is 45.3 Å². The number of fused-ring (bicyclic) bond motifs is 1. The van der Waals surface area contributed by atoms with Gasteiger partial charge in [-0.15, -0.1) is 0 Å². The SMILES string of the molecule is NC(=O)OC1CCN(c2nc3nc(N4CCOCC4)oc3cc2[N+](=O)[O-])C1. The summed E-state index contributed by atoms with van der Waals surface area (Å²) in [6.07, 6.45) is -0.787. The van der Waals surface area contributed by atoms with Crippen molar-refractivity contribution in [2.24, 2.45) is 5.73 Å². The third kappa shape index (κ3) is 3.43. The predicted molar refractivity (Wildman–Crippen MR) is 92.8 cm³/mol. The molecular formula is C15H18N6O6. The van der Waals surface area contributed by atoms with Gasteiger partial charge in [-0.05, 0) is 0 Å². The number of nitrogens with two attached hydrogens (primary N) is 1. The average Bonchev–Trinajstić information content (AvgIpc) is 3.27. The molecule has 0 radical (unpaired) electrons. The number of morpholine rings is 1. The third-order valence-electron chi connectivity index (χ3n) is 4.54. The lowest BCUT2D eigenvalue weighted by molar-refractivity contribution is -0.384. The molecule has 2 N–H and O–H groups in total. The van der Waals surface area contributed by atoms with Crippen molar-refractivity contribution in [1.82, 2.24) is 9.97 Å². The van der Waals surface area contributed by atoms with E-state index in [-0.39, 0.29) is 29.3 Å². The third-order valence-corrected chi connectivity index (χ3v) is 4.54. The van der Waals surface area contributed by atoms with Crippen molar-refractivity contribution in [3.8, 4) is 0 Å². The van der Waals surface area contributed by atoms with E-state index in [1.165, 1.54) is 6.07 Å². The van der Waals surface area contributed by atoms with E-state index in [0.717, 1.165) is 0 Å². The van der Waals surface area contributed by atoms with Crippen molar-refractivity contribution in [3.63, 3.8) is 0 Å². The minimum absolute atomic E-state index is 0.171. The predicted octanol–water partition coefficient (Wildman–Crippen LogP) is 0.642. The molecule has 12 nitrogen and oxygen atoms in total. The summed E-state index contributed by atoms with van der Waals surface area (Å²) in [5.41, 5.74) is 5.39. The van der Waals surface area contributed by atoms with Crippen molar-refractivity contribution in [2.45, 2.75) is 12.5 Å². The number of aromatic nitrogens is 2. The van der Waals surface area contributed by atoms with Gasteiger partial charge in [-0.2, -0.15) is 4.98 Å². The molecule has 0 aliphatic carbocycles. The molecule has 2 aromatic heterocycles. The second kappa shape index (κ2) is 6.87. The molecule has 0 spiro atoms. The summed E-state index contributed by atoms with van der Waals surface area (Å²) < 4.78 is 16.0. The molecule has 4 heterocycles. The molecule has 2 aliphatic rings. The van der Waals surface area contributed by atoms with Crippen LogP contribution in [0.4, 0.5) is 22.3 Å². The number of hydrogen-bond acceptors (Lipinski definition) is 10. The monoisotopic (exact) mass is 378 g/mol. The van der Waals surface area contributed by atoms with Crippen LogP contribution in [0.15, 0.2) is 10.5 Å². The summed E-state index contributed by atoms with van der Waals surface area (Å²) in [4.78, 5) is 34.3. The Morgan fingerprint density at radius 1 is 1.30 bits per heavy atom. The van der Waals surface area contributed by atoms with Crippen molar-refractivity contribution in [3.05, 3.63) is 16.2 Å². The number of nitrogens with zero attached hydrogens (tertiary/aromatic N) is 5. The molecule has 144 valence electrons. The summed E-state index contributed by atoms with van der Waals surface area (Å²) in [6.45, 7) is 3.10. The summed E-state index contributed by atoms with van der Waals surface area (Å²) >= 11 is 0. The zero-order chi connectivity index (χ0) is 19.0. The molecule has 2 aliphatic heterocycles. The number of amides is 1. The van der Waals surface area contributed by atoms with Crippen LogP contribution in [0.3, 0.4) is 0 Å². The van der Waals surface area contributed by atoms with Gasteiger partial charge in [0.15, 0.2) is 5.58 Å².